The molecule has 2 heterocycles. The Labute approximate surface area is 101 Å². The largest absolute Gasteiger partial charge is 0.315 e. The third-order valence-corrected chi connectivity index (χ3v) is 2.88. The van der Waals surface area contributed by atoms with Crippen molar-refractivity contribution >= 4 is 28.9 Å². The lowest BCUT2D eigenvalue weighted by atomic mass is 10.2. The van der Waals surface area contributed by atoms with Crippen LogP contribution in [0, 0.1) is 0 Å². The van der Waals surface area contributed by atoms with Crippen molar-refractivity contribution in [1.29, 1.82) is 0 Å². The maximum absolute atomic E-state index is 4.13. The van der Waals surface area contributed by atoms with Crippen molar-refractivity contribution in [1.82, 2.24) is 4.40 Å². The van der Waals surface area contributed by atoms with Crippen LogP contribution in [0.15, 0.2) is 43.1 Å². The number of benzene rings is 1. The van der Waals surface area contributed by atoms with E-state index in [0.717, 1.165) is 10.6 Å². The van der Waals surface area contributed by atoms with Gasteiger partial charge in [-0.25, -0.2) is 0 Å². The Morgan fingerprint density at radius 2 is 1.94 bits per heavy atom. The van der Waals surface area contributed by atoms with Gasteiger partial charge in [0.2, 0.25) is 0 Å². The lowest BCUT2D eigenvalue weighted by Gasteiger charge is -1.88. The second-order valence-electron chi connectivity index (χ2n) is 3.70. The zero-order valence-corrected chi connectivity index (χ0v) is 10.4. The molecule has 1 aromatic carbocycles. The molecule has 1 nitrogen and oxygen atoms in total. The predicted octanol–water partition coefficient (Wildman–Crippen LogP) is 2.93. The Morgan fingerprint density at radius 1 is 1.18 bits per heavy atom. The van der Waals surface area contributed by atoms with Gasteiger partial charge < -0.3 is 4.40 Å². The molecule has 1 heteroatoms. The van der Waals surface area contributed by atoms with Gasteiger partial charge in [0.25, 0.3) is 0 Å². The minimum Gasteiger partial charge on any atom is -0.315 e. The van der Waals surface area contributed by atoms with Gasteiger partial charge in [0.1, 0.15) is 0 Å². The number of hydrogen-bond donors (Lipinski definition) is 0. The van der Waals surface area contributed by atoms with Crippen LogP contribution in [0.5, 0.6) is 0 Å². The van der Waals surface area contributed by atoms with E-state index >= 15 is 0 Å². The highest BCUT2D eigenvalue weighted by Crippen LogP contribution is 2.17. The Morgan fingerprint density at radius 3 is 2.65 bits per heavy atom. The van der Waals surface area contributed by atoms with Gasteiger partial charge in [-0.3, -0.25) is 0 Å². The summed E-state index contributed by atoms with van der Waals surface area (Å²) in [5.74, 6) is 0. The molecule has 0 N–H and O–H groups in total. The number of nitrogens with zero attached hydrogens (tertiary/aromatic N) is 1. The first kappa shape index (κ1) is 11.5. The topological polar surface area (TPSA) is 4.41 Å². The molecular formula is C16H17N. The van der Waals surface area contributed by atoms with Crippen LogP contribution in [0.2, 0.25) is 0 Å². The van der Waals surface area contributed by atoms with Gasteiger partial charge in [-0.15, -0.1) is 0 Å². The molecule has 0 atom stereocenters. The number of rotatable bonds is 1. The minimum absolute atomic E-state index is 1.08. The molecule has 2 aromatic heterocycles. The van der Waals surface area contributed by atoms with E-state index in [1.807, 2.05) is 19.9 Å². The van der Waals surface area contributed by atoms with Crippen molar-refractivity contribution < 1.29 is 0 Å². The number of aromatic nitrogens is 1. The quantitative estimate of drug-likeness (QED) is 0.597. The van der Waals surface area contributed by atoms with E-state index in [9.17, 15) is 0 Å². The Kier molecular flexibility index (Phi) is 3.01. The van der Waals surface area contributed by atoms with Crippen molar-refractivity contribution in [3.05, 3.63) is 53.7 Å². The molecule has 0 fully saturated rings. The third-order valence-electron chi connectivity index (χ3n) is 2.88. The van der Waals surface area contributed by atoms with Crippen LogP contribution in [-0.4, -0.2) is 4.40 Å². The second-order valence-corrected chi connectivity index (χ2v) is 3.70. The van der Waals surface area contributed by atoms with Gasteiger partial charge >= 0.3 is 0 Å². The maximum Gasteiger partial charge on any atom is 0.0607 e. The zero-order chi connectivity index (χ0) is 12.4. The van der Waals surface area contributed by atoms with E-state index in [-0.39, 0.29) is 0 Å². The van der Waals surface area contributed by atoms with Crippen molar-refractivity contribution in [2.75, 3.05) is 0 Å². The molecule has 0 unspecified atom stereocenters. The van der Waals surface area contributed by atoms with Crippen LogP contribution in [0.4, 0.5) is 0 Å². The summed E-state index contributed by atoms with van der Waals surface area (Å²) in [6.45, 7) is 11.9. The first-order chi connectivity index (χ1) is 8.33. The summed E-state index contributed by atoms with van der Waals surface area (Å²) in [5, 5.41) is 4.70. The maximum atomic E-state index is 4.13. The normalized spacial score (nSPS) is 11.8. The van der Waals surface area contributed by atoms with Gasteiger partial charge in [0.15, 0.2) is 0 Å². The van der Waals surface area contributed by atoms with Gasteiger partial charge in [-0.1, -0.05) is 51.3 Å². The van der Waals surface area contributed by atoms with Crippen molar-refractivity contribution in [2.45, 2.75) is 13.8 Å². The van der Waals surface area contributed by atoms with Crippen LogP contribution in [-0.2, 0) is 0 Å². The Bertz CT molecular complexity index is 747. The highest BCUT2D eigenvalue weighted by atomic mass is 14.9. The molecule has 17 heavy (non-hydrogen) atoms. The van der Waals surface area contributed by atoms with E-state index in [4.69, 9.17) is 0 Å². The van der Waals surface area contributed by atoms with E-state index in [2.05, 4.69) is 48.0 Å². The number of para-hydroxylation sites is 1. The van der Waals surface area contributed by atoms with Gasteiger partial charge in [-0.2, -0.15) is 0 Å². The molecule has 3 aromatic rings. The van der Waals surface area contributed by atoms with E-state index in [0.29, 0.717) is 0 Å². The average Bonchev–Trinajstić information content (AvgIpc) is 2.91. The lowest BCUT2D eigenvalue weighted by Crippen LogP contribution is -2.23. The summed E-state index contributed by atoms with van der Waals surface area (Å²) in [4.78, 5) is 0. The summed E-state index contributed by atoms with van der Waals surface area (Å²) >= 11 is 0. The zero-order valence-electron chi connectivity index (χ0n) is 10.4. The monoisotopic (exact) mass is 223 g/mol. The Hall–Kier alpha value is -2.02. The predicted molar refractivity (Wildman–Crippen MR) is 76.9 cm³/mol. The molecule has 0 bridgehead atoms. The summed E-state index contributed by atoms with van der Waals surface area (Å²) in [6, 6.07) is 8.44. The molecule has 86 valence electrons. The summed E-state index contributed by atoms with van der Waals surface area (Å²) in [7, 11) is 0. The van der Waals surface area contributed by atoms with Gasteiger partial charge in [0.05, 0.1) is 10.9 Å². The third kappa shape index (κ3) is 1.55. The minimum atomic E-state index is 1.08. The van der Waals surface area contributed by atoms with Crippen LogP contribution in [0.25, 0.3) is 28.9 Å². The molecule has 0 aliphatic rings. The molecule has 0 aliphatic carbocycles. The van der Waals surface area contributed by atoms with E-state index < -0.39 is 0 Å². The fourth-order valence-corrected chi connectivity index (χ4v) is 2.21. The van der Waals surface area contributed by atoms with Crippen LogP contribution in [0.1, 0.15) is 13.8 Å². The fraction of sp³-hybridized carbons (Fsp3) is 0.125. The SMILES string of the molecule is C=C/C=c1\c(=C)c2cccc3ccn1c32.CC. The average molecular weight is 223 g/mol. The molecule has 0 saturated carbocycles. The smallest absolute Gasteiger partial charge is 0.0607 e. The van der Waals surface area contributed by atoms with Crippen molar-refractivity contribution in [3.63, 3.8) is 0 Å². The first-order valence-electron chi connectivity index (χ1n) is 5.96. The molecule has 0 aliphatic heterocycles. The summed E-state index contributed by atoms with van der Waals surface area (Å²) in [5.41, 5.74) is 1.26. The highest BCUT2D eigenvalue weighted by Gasteiger charge is 2.06. The number of hydrogen-bond acceptors (Lipinski definition) is 0. The van der Waals surface area contributed by atoms with Crippen LogP contribution >= 0.6 is 0 Å². The molecular weight excluding hydrogens is 206 g/mol. The second kappa shape index (κ2) is 4.46. The molecule has 3 rings (SSSR count). The highest BCUT2D eigenvalue weighted by molar-refractivity contribution is 5.97. The molecule has 0 amide bonds. The first-order valence-corrected chi connectivity index (χ1v) is 5.96. The van der Waals surface area contributed by atoms with Crippen LogP contribution < -0.4 is 10.6 Å². The Balaban J connectivity index is 0.000000514. The molecule has 0 spiro atoms. The van der Waals surface area contributed by atoms with E-state index in [1.54, 1.807) is 6.08 Å². The molecule has 0 saturated heterocycles. The molecule has 0 radical (unpaired) electrons. The number of allylic oxidation sites excluding steroid dienone is 1. The summed E-state index contributed by atoms with van der Waals surface area (Å²) in [6.07, 6.45) is 5.89. The van der Waals surface area contributed by atoms with Gasteiger partial charge in [-0.05, 0) is 12.1 Å². The van der Waals surface area contributed by atoms with Crippen molar-refractivity contribution in [3.8, 4) is 0 Å². The van der Waals surface area contributed by atoms with Crippen LogP contribution in [0.3, 0.4) is 0 Å². The van der Waals surface area contributed by atoms with Crippen molar-refractivity contribution in [2.24, 2.45) is 0 Å². The van der Waals surface area contributed by atoms with E-state index in [1.165, 1.54) is 16.3 Å². The fourth-order valence-electron chi connectivity index (χ4n) is 2.21. The lowest BCUT2D eigenvalue weighted by molar-refractivity contribution is 1.17. The van der Waals surface area contributed by atoms with Gasteiger partial charge in [0, 0.05) is 22.2 Å². The standard InChI is InChI=1S/C14H11N.C2H6/c1-3-5-13-10(2)12-7-4-6-11-8-9-15(13)14(11)12;1-2/h3-9H,1-2H2;1-2H3/b13-5+;. The summed E-state index contributed by atoms with van der Waals surface area (Å²) < 4.78 is 2.18.